The Hall–Kier alpha value is -4.82. The second-order valence-corrected chi connectivity index (χ2v) is 11.0. The van der Waals surface area contributed by atoms with Crippen molar-refractivity contribution >= 4 is 16.9 Å². The number of hydrogen-bond donors (Lipinski definition) is 1. The third-order valence-corrected chi connectivity index (χ3v) is 8.30. The zero-order valence-electron chi connectivity index (χ0n) is 22.8. The van der Waals surface area contributed by atoms with Crippen LogP contribution in [0.2, 0.25) is 0 Å². The maximum absolute atomic E-state index is 14.7. The Morgan fingerprint density at radius 3 is 2.60 bits per heavy atom. The molecule has 220 valence electrons. The molecule has 0 saturated carbocycles. The fraction of sp³-hybridized carbons (Fsp3) is 0.379. The van der Waals surface area contributed by atoms with Gasteiger partial charge in [-0.15, -0.1) is 0 Å². The Morgan fingerprint density at radius 1 is 1.14 bits per heavy atom. The van der Waals surface area contributed by atoms with Gasteiger partial charge in [0.25, 0.3) is 5.91 Å². The number of fused-ring (bicyclic) bond motifs is 1. The first-order valence-electron chi connectivity index (χ1n) is 13.6. The molecule has 1 N–H and O–H groups in total. The van der Waals surface area contributed by atoms with E-state index in [1.807, 2.05) is 12.3 Å². The van der Waals surface area contributed by atoms with Crippen LogP contribution in [0.3, 0.4) is 0 Å². The molecule has 0 bridgehead atoms. The number of halogens is 4. The molecular weight excluding hydrogens is 566 g/mol. The maximum atomic E-state index is 14.7. The normalized spacial score (nSPS) is 17.4. The van der Waals surface area contributed by atoms with Crippen LogP contribution in [-0.2, 0) is 12.0 Å². The zero-order valence-corrected chi connectivity index (χ0v) is 22.8. The molecule has 0 aromatic carbocycles. The first-order chi connectivity index (χ1) is 20.6. The van der Waals surface area contributed by atoms with Crippen LogP contribution < -0.4 is 0 Å². The molecular formula is C29H25F4N9O. The molecule has 2 saturated heterocycles. The summed E-state index contributed by atoms with van der Waals surface area (Å²) in [5, 5.41) is 24.7. The molecule has 10 nitrogen and oxygen atoms in total. The van der Waals surface area contributed by atoms with Gasteiger partial charge >= 0.3 is 6.18 Å². The minimum absolute atomic E-state index is 0.110. The third-order valence-electron chi connectivity index (χ3n) is 8.30. The Morgan fingerprint density at radius 2 is 1.91 bits per heavy atom. The lowest BCUT2D eigenvalue weighted by molar-refractivity contribution is -0.128. The van der Waals surface area contributed by atoms with E-state index in [9.17, 15) is 32.9 Å². The molecule has 4 aromatic heterocycles. The summed E-state index contributed by atoms with van der Waals surface area (Å²) in [6.45, 7) is 1.75. The molecule has 4 aromatic rings. The number of H-pyrrole nitrogens is 1. The smallest absolute Gasteiger partial charge is 0.346 e. The quantitative estimate of drug-likeness (QED) is 0.333. The van der Waals surface area contributed by atoms with Gasteiger partial charge in [-0.3, -0.25) is 19.4 Å². The van der Waals surface area contributed by atoms with Crippen molar-refractivity contribution < 1.29 is 22.4 Å². The van der Waals surface area contributed by atoms with Crippen molar-refractivity contribution in [2.75, 3.05) is 26.2 Å². The van der Waals surface area contributed by atoms with Gasteiger partial charge < -0.3 is 9.88 Å². The molecule has 2 aliphatic heterocycles. The van der Waals surface area contributed by atoms with E-state index < -0.39 is 41.1 Å². The minimum Gasteiger partial charge on any atom is -0.346 e. The van der Waals surface area contributed by atoms with Crippen molar-refractivity contribution in [2.45, 2.75) is 43.4 Å². The van der Waals surface area contributed by atoms with Gasteiger partial charge in [-0.05, 0) is 25.0 Å². The number of rotatable bonds is 6. The fourth-order valence-electron chi connectivity index (χ4n) is 6.14. The molecule has 1 amide bonds. The Balaban J connectivity index is 1.13. The number of aromatic amines is 1. The first-order valence-corrected chi connectivity index (χ1v) is 13.6. The largest absolute Gasteiger partial charge is 0.394 e. The maximum Gasteiger partial charge on any atom is 0.394 e. The highest BCUT2D eigenvalue weighted by atomic mass is 19.4. The van der Waals surface area contributed by atoms with E-state index >= 15 is 0 Å². The summed E-state index contributed by atoms with van der Waals surface area (Å²) in [5.41, 5.74) is 0.762. The van der Waals surface area contributed by atoms with Gasteiger partial charge in [-0.1, -0.05) is 0 Å². The van der Waals surface area contributed by atoms with Crippen LogP contribution in [0.15, 0.2) is 43.1 Å². The molecule has 43 heavy (non-hydrogen) atoms. The molecule has 0 aliphatic carbocycles. The van der Waals surface area contributed by atoms with E-state index in [2.05, 4.69) is 37.1 Å². The van der Waals surface area contributed by atoms with E-state index in [1.165, 1.54) is 11.1 Å². The number of aromatic nitrogens is 5. The number of alkyl halides is 3. The fourth-order valence-corrected chi connectivity index (χ4v) is 6.14. The summed E-state index contributed by atoms with van der Waals surface area (Å²) in [5.74, 6) is -1.89. The number of amides is 1. The van der Waals surface area contributed by atoms with E-state index in [1.54, 1.807) is 17.1 Å². The monoisotopic (exact) mass is 591 g/mol. The highest BCUT2D eigenvalue weighted by Crippen LogP contribution is 2.38. The van der Waals surface area contributed by atoms with Gasteiger partial charge in [-0.2, -0.15) is 28.8 Å². The first kappa shape index (κ1) is 28.3. The minimum atomic E-state index is -4.64. The van der Waals surface area contributed by atoms with Crippen molar-refractivity contribution in [1.29, 1.82) is 10.5 Å². The summed E-state index contributed by atoms with van der Waals surface area (Å²) < 4.78 is 54.9. The van der Waals surface area contributed by atoms with Crippen molar-refractivity contribution in [2.24, 2.45) is 0 Å². The summed E-state index contributed by atoms with van der Waals surface area (Å²) in [6.07, 6.45) is 3.07. The van der Waals surface area contributed by atoms with E-state index in [4.69, 9.17) is 0 Å². The highest BCUT2D eigenvalue weighted by Gasteiger charge is 2.48. The Kier molecular flexibility index (Phi) is 7.10. The lowest BCUT2D eigenvalue weighted by Gasteiger charge is -2.53. The Labute approximate surface area is 243 Å². The molecule has 14 heteroatoms. The van der Waals surface area contributed by atoms with E-state index in [-0.39, 0.29) is 12.5 Å². The van der Waals surface area contributed by atoms with Crippen LogP contribution in [0.4, 0.5) is 17.6 Å². The number of piperidine rings is 1. The van der Waals surface area contributed by atoms with Crippen LogP contribution in [0.1, 0.15) is 40.9 Å². The van der Waals surface area contributed by atoms with Crippen molar-refractivity contribution in [3.05, 3.63) is 65.8 Å². The number of carbonyl (C=O) groups excluding carboxylic acids is 1. The van der Waals surface area contributed by atoms with Crippen LogP contribution >= 0.6 is 0 Å². The van der Waals surface area contributed by atoms with Crippen LogP contribution in [0.5, 0.6) is 0 Å². The number of nitriles is 2. The zero-order chi connectivity index (χ0) is 30.4. The number of nitrogens with zero attached hydrogens (tertiary/aromatic N) is 8. The highest BCUT2D eigenvalue weighted by molar-refractivity contribution is 5.96. The molecule has 0 atom stereocenters. The summed E-state index contributed by atoms with van der Waals surface area (Å²) in [7, 11) is 0. The molecule has 2 fully saturated rings. The third kappa shape index (κ3) is 5.19. The molecule has 0 spiro atoms. The second kappa shape index (κ2) is 10.8. The van der Waals surface area contributed by atoms with Gasteiger partial charge in [0.1, 0.15) is 17.3 Å². The topological polar surface area (TPSA) is 131 Å². The second-order valence-electron chi connectivity index (χ2n) is 11.0. The van der Waals surface area contributed by atoms with Gasteiger partial charge in [0.2, 0.25) is 0 Å². The van der Waals surface area contributed by atoms with Crippen molar-refractivity contribution in [1.82, 2.24) is 34.5 Å². The van der Waals surface area contributed by atoms with Crippen LogP contribution in [-0.4, -0.2) is 78.8 Å². The predicted octanol–water partition coefficient (Wildman–Crippen LogP) is 4.17. The summed E-state index contributed by atoms with van der Waals surface area (Å²) >= 11 is 0. The number of nitrogens with one attached hydrogen (secondary N) is 1. The predicted molar refractivity (Wildman–Crippen MR) is 145 cm³/mol. The lowest BCUT2D eigenvalue weighted by Crippen LogP contribution is -2.66. The molecule has 2 aliphatic rings. The average Bonchev–Trinajstić information content (AvgIpc) is 3.65. The number of pyridine rings is 2. The number of likely N-dealkylation sites (tertiary alicyclic amines) is 2. The van der Waals surface area contributed by atoms with Gasteiger partial charge in [0.05, 0.1) is 41.9 Å². The van der Waals surface area contributed by atoms with Crippen molar-refractivity contribution in [3.8, 4) is 23.3 Å². The average molecular weight is 592 g/mol. The number of hydrogen-bond acceptors (Lipinski definition) is 7. The van der Waals surface area contributed by atoms with Gasteiger partial charge in [0.15, 0.2) is 5.82 Å². The van der Waals surface area contributed by atoms with Crippen LogP contribution in [0, 0.1) is 28.5 Å². The molecule has 6 heterocycles. The van der Waals surface area contributed by atoms with E-state index in [0.29, 0.717) is 50.2 Å². The standard InChI is InChI=1S/C29H25F4N9O/c30-25-22(2-7-36-23(25)11-29(31,32)33)27(43)40-9-3-20(4-10-40)41-16-28(17-41,5-6-34)42-15-19(14-39-42)24-18(12-35)13-38-26-21(24)1-8-37-26/h1-2,7-8,13-15,20H,3-5,9-11,16-17H2,(H,37,38). The van der Waals surface area contributed by atoms with Gasteiger partial charge in [0, 0.05) is 73.5 Å². The molecule has 0 unspecified atom stereocenters. The summed E-state index contributed by atoms with van der Waals surface area (Å²) in [6, 6.07) is 7.54. The molecule has 6 rings (SSSR count). The molecule has 0 radical (unpaired) electrons. The Bertz CT molecular complexity index is 1770. The summed E-state index contributed by atoms with van der Waals surface area (Å²) in [4.78, 5) is 27.5. The number of carbonyl (C=O) groups is 1. The van der Waals surface area contributed by atoms with E-state index in [0.717, 1.165) is 28.8 Å². The van der Waals surface area contributed by atoms with Crippen molar-refractivity contribution in [3.63, 3.8) is 0 Å². The lowest BCUT2D eigenvalue weighted by atomic mass is 9.83. The van der Waals surface area contributed by atoms with Gasteiger partial charge in [-0.25, -0.2) is 9.37 Å². The SMILES string of the molecule is N#CCC1(n2cc(-c3c(C#N)cnc4[nH]ccc34)cn2)CN(C2CCN(C(=O)c3ccnc(CC(F)(F)F)c3F)CC2)C1. The van der Waals surface area contributed by atoms with Crippen LogP contribution in [0.25, 0.3) is 22.2 Å².